The molecule has 1 heterocycles. The van der Waals surface area contributed by atoms with Crippen molar-refractivity contribution in [2.75, 3.05) is 6.61 Å². The van der Waals surface area contributed by atoms with E-state index in [9.17, 15) is 4.79 Å². The summed E-state index contributed by atoms with van der Waals surface area (Å²) in [6.07, 6.45) is 1.54. The zero-order valence-corrected chi connectivity index (χ0v) is 5.16. The van der Waals surface area contributed by atoms with Crippen molar-refractivity contribution in [1.82, 2.24) is 0 Å². The van der Waals surface area contributed by atoms with Gasteiger partial charge in [-0.15, -0.1) is 12.4 Å². The third-order valence-electron chi connectivity index (χ3n) is 0.788. The van der Waals surface area contributed by atoms with Crippen LogP contribution in [-0.4, -0.2) is 18.1 Å². The van der Waals surface area contributed by atoms with Crippen LogP contribution in [0.1, 0.15) is 12.8 Å². The number of carbonyl (C=O) groups excluding carboxylic acids is 1. The second kappa shape index (κ2) is 4.87. The number of carbonyl (C=O) groups is 1. The van der Waals surface area contributed by atoms with E-state index in [4.69, 9.17) is 0 Å². The molecular formula is C4H9ClO3. The van der Waals surface area contributed by atoms with Crippen LogP contribution in [0.5, 0.6) is 0 Å². The molecule has 0 saturated carbocycles. The van der Waals surface area contributed by atoms with Crippen molar-refractivity contribution in [3.8, 4) is 0 Å². The van der Waals surface area contributed by atoms with Crippen molar-refractivity contribution < 1.29 is 15.0 Å². The fourth-order valence-electron chi connectivity index (χ4n) is 0.475. The first-order valence-electron chi connectivity index (χ1n) is 2.05. The smallest absolute Gasteiger partial charge is 0.305 e. The maximum atomic E-state index is 10.0. The van der Waals surface area contributed by atoms with Gasteiger partial charge in [0, 0.05) is 6.42 Å². The predicted octanol–water partition coefficient (Wildman–Crippen LogP) is -0.0795. The molecule has 0 aromatic rings. The van der Waals surface area contributed by atoms with Gasteiger partial charge in [-0.2, -0.15) is 0 Å². The first kappa shape index (κ1) is 10.7. The fourth-order valence-corrected chi connectivity index (χ4v) is 0.475. The SMILES string of the molecule is Cl.O.O=C1CCCO1. The zero-order chi connectivity index (χ0) is 4.41. The van der Waals surface area contributed by atoms with Gasteiger partial charge in [0.05, 0.1) is 6.61 Å². The van der Waals surface area contributed by atoms with Gasteiger partial charge in [-0.3, -0.25) is 4.79 Å². The minimum Gasteiger partial charge on any atom is -0.466 e. The number of halogens is 1. The summed E-state index contributed by atoms with van der Waals surface area (Å²) < 4.78 is 4.51. The Morgan fingerprint density at radius 2 is 2.12 bits per heavy atom. The summed E-state index contributed by atoms with van der Waals surface area (Å²) in [4.78, 5) is 10.0. The molecule has 4 heteroatoms. The summed E-state index contributed by atoms with van der Waals surface area (Å²) >= 11 is 0. The summed E-state index contributed by atoms with van der Waals surface area (Å²) in [5, 5.41) is 0. The minimum atomic E-state index is -0.0463. The van der Waals surface area contributed by atoms with Crippen molar-refractivity contribution in [1.29, 1.82) is 0 Å². The van der Waals surface area contributed by atoms with Gasteiger partial charge in [0.25, 0.3) is 0 Å². The van der Waals surface area contributed by atoms with E-state index < -0.39 is 0 Å². The van der Waals surface area contributed by atoms with Crippen LogP contribution in [0.25, 0.3) is 0 Å². The first-order chi connectivity index (χ1) is 2.89. The van der Waals surface area contributed by atoms with Crippen molar-refractivity contribution in [2.24, 2.45) is 0 Å². The lowest BCUT2D eigenvalue weighted by atomic mass is 10.4. The average Bonchev–Trinajstić information content (AvgIpc) is 1.86. The van der Waals surface area contributed by atoms with E-state index in [2.05, 4.69) is 4.74 Å². The monoisotopic (exact) mass is 140 g/mol. The van der Waals surface area contributed by atoms with Crippen molar-refractivity contribution in [3.05, 3.63) is 0 Å². The Kier molecular flexibility index (Phi) is 6.48. The maximum absolute atomic E-state index is 10.0. The number of hydrogen-bond donors (Lipinski definition) is 0. The van der Waals surface area contributed by atoms with E-state index in [1.165, 1.54) is 0 Å². The minimum absolute atomic E-state index is 0. The van der Waals surface area contributed by atoms with Crippen molar-refractivity contribution in [3.63, 3.8) is 0 Å². The number of rotatable bonds is 0. The van der Waals surface area contributed by atoms with Gasteiger partial charge in [0.2, 0.25) is 0 Å². The van der Waals surface area contributed by atoms with Gasteiger partial charge in [-0.05, 0) is 6.42 Å². The van der Waals surface area contributed by atoms with Gasteiger partial charge >= 0.3 is 5.97 Å². The first-order valence-corrected chi connectivity index (χ1v) is 2.05. The highest BCUT2D eigenvalue weighted by Crippen LogP contribution is 2.01. The van der Waals surface area contributed by atoms with Crippen LogP contribution in [-0.2, 0) is 9.53 Å². The lowest BCUT2D eigenvalue weighted by Crippen LogP contribution is -1.88. The van der Waals surface area contributed by atoms with E-state index in [-0.39, 0.29) is 23.9 Å². The summed E-state index contributed by atoms with van der Waals surface area (Å²) in [6.45, 7) is 0.638. The molecule has 3 nitrogen and oxygen atoms in total. The van der Waals surface area contributed by atoms with Gasteiger partial charge < -0.3 is 10.2 Å². The Morgan fingerprint density at radius 3 is 2.25 bits per heavy atom. The molecule has 8 heavy (non-hydrogen) atoms. The summed E-state index contributed by atoms with van der Waals surface area (Å²) in [5.74, 6) is -0.0463. The molecule has 1 fully saturated rings. The Bertz CT molecular complexity index is 65.7. The third kappa shape index (κ3) is 2.82. The molecule has 0 aromatic heterocycles. The standard InChI is InChI=1S/C4H6O2.ClH.H2O/c5-4-2-1-3-6-4;;/h1-3H2;1H;1H2. The highest BCUT2D eigenvalue weighted by Gasteiger charge is 2.08. The van der Waals surface area contributed by atoms with Crippen LogP contribution < -0.4 is 0 Å². The Labute approximate surface area is 53.7 Å². The zero-order valence-electron chi connectivity index (χ0n) is 4.35. The van der Waals surface area contributed by atoms with E-state index in [1.807, 2.05) is 0 Å². The normalized spacial score (nSPS) is 15.8. The van der Waals surface area contributed by atoms with E-state index in [1.54, 1.807) is 0 Å². The van der Waals surface area contributed by atoms with Crippen LogP contribution >= 0.6 is 12.4 Å². The largest absolute Gasteiger partial charge is 0.466 e. The number of ether oxygens (including phenoxy) is 1. The predicted molar refractivity (Wildman–Crippen MR) is 31.1 cm³/mol. The molecule has 2 N–H and O–H groups in total. The molecule has 0 unspecified atom stereocenters. The Balaban J connectivity index is 0. The molecule has 0 amide bonds. The second-order valence-corrected chi connectivity index (χ2v) is 1.32. The highest BCUT2D eigenvalue weighted by molar-refractivity contribution is 5.85. The Morgan fingerprint density at radius 1 is 1.50 bits per heavy atom. The van der Waals surface area contributed by atoms with E-state index in [0.29, 0.717) is 13.0 Å². The van der Waals surface area contributed by atoms with Crippen LogP contribution in [0.15, 0.2) is 0 Å². The molecule has 0 radical (unpaired) electrons. The summed E-state index contributed by atoms with van der Waals surface area (Å²) in [6, 6.07) is 0. The van der Waals surface area contributed by atoms with E-state index in [0.717, 1.165) is 6.42 Å². The second-order valence-electron chi connectivity index (χ2n) is 1.32. The van der Waals surface area contributed by atoms with Crippen LogP contribution in [0.2, 0.25) is 0 Å². The summed E-state index contributed by atoms with van der Waals surface area (Å²) in [5.41, 5.74) is 0. The molecule has 0 aliphatic carbocycles. The van der Waals surface area contributed by atoms with Crippen molar-refractivity contribution in [2.45, 2.75) is 12.8 Å². The fraction of sp³-hybridized carbons (Fsp3) is 0.750. The number of hydrogen-bond acceptors (Lipinski definition) is 2. The van der Waals surface area contributed by atoms with Gasteiger partial charge in [-0.25, -0.2) is 0 Å². The van der Waals surface area contributed by atoms with E-state index >= 15 is 0 Å². The van der Waals surface area contributed by atoms with Crippen LogP contribution in [0.4, 0.5) is 0 Å². The lowest BCUT2D eigenvalue weighted by molar-refractivity contribution is -0.137. The molecule has 1 aliphatic rings. The quantitative estimate of drug-likeness (QED) is 0.442. The Hall–Kier alpha value is -0.280. The number of cyclic esters (lactones) is 1. The lowest BCUT2D eigenvalue weighted by Gasteiger charge is -1.81. The summed E-state index contributed by atoms with van der Waals surface area (Å²) in [7, 11) is 0. The molecule has 0 atom stereocenters. The molecule has 0 spiro atoms. The average molecular weight is 141 g/mol. The highest BCUT2D eigenvalue weighted by atomic mass is 35.5. The third-order valence-corrected chi connectivity index (χ3v) is 0.788. The number of esters is 1. The maximum Gasteiger partial charge on any atom is 0.305 e. The molecule has 0 aromatic carbocycles. The molecule has 0 bridgehead atoms. The molecule has 50 valence electrons. The van der Waals surface area contributed by atoms with Crippen LogP contribution in [0.3, 0.4) is 0 Å². The van der Waals surface area contributed by atoms with Crippen molar-refractivity contribution >= 4 is 18.4 Å². The topological polar surface area (TPSA) is 57.8 Å². The van der Waals surface area contributed by atoms with Crippen LogP contribution in [0, 0.1) is 0 Å². The van der Waals surface area contributed by atoms with Gasteiger partial charge in [-0.1, -0.05) is 0 Å². The molecule has 1 saturated heterocycles. The molecule has 1 aliphatic heterocycles. The molecule has 1 rings (SSSR count). The van der Waals surface area contributed by atoms with Gasteiger partial charge in [0.15, 0.2) is 0 Å². The van der Waals surface area contributed by atoms with Gasteiger partial charge in [0.1, 0.15) is 0 Å². The molecular weight excluding hydrogens is 131 g/mol.